The average molecular weight is 979 g/mol. The fourth-order valence-electron chi connectivity index (χ4n) is 10.7. The molecule has 0 aliphatic heterocycles. The van der Waals surface area contributed by atoms with Gasteiger partial charge in [-0.3, -0.25) is 0 Å². The lowest BCUT2D eigenvalue weighted by atomic mass is 9.85. The number of rotatable bonds is 8. The number of furan rings is 1. The van der Waals surface area contributed by atoms with E-state index in [0.717, 1.165) is 66.8 Å². The summed E-state index contributed by atoms with van der Waals surface area (Å²) >= 11 is 0. The van der Waals surface area contributed by atoms with Gasteiger partial charge in [0, 0.05) is 44.6 Å². The van der Waals surface area contributed by atoms with E-state index in [0.29, 0.717) is 0 Å². The Kier molecular flexibility index (Phi) is 12.2. The minimum absolute atomic E-state index is 0.0320. The van der Waals surface area contributed by atoms with Crippen LogP contribution in [-0.2, 0) is 21.7 Å². The lowest BCUT2D eigenvalue weighted by molar-refractivity contribution is 0.590. The molecule has 1 heterocycles. The van der Waals surface area contributed by atoms with Gasteiger partial charge in [0.25, 0.3) is 0 Å². The molecule has 0 bridgehead atoms. The van der Waals surface area contributed by atoms with E-state index in [1.54, 1.807) is 0 Å². The molecule has 0 N–H and O–H groups in total. The van der Waals surface area contributed by atoms with E-state index in [2.05, 4.69) is 299 Å². The van der Waals surface area contributed by atoms with Gasteiger partial charge in [-0.05, 0) is 162 Å². The molecule has 0 saturated carbocycles. The molecule has 3 nitrogen and oxygen atoms in total. The third-order valence-corrected chi connectivity index (χ3v) is 15.2. The van der Waals surface area contributed by atoms with Gasteiger partial charge in [-0.25, -0.2) is 0 Å². The van der Waals surface area contributed by atoms with Gasteiger partial charge in [0.1, 0.15) is 11.2 Å². The van der Waals surface area contributed by atoms with Crippen molar-refractivity contribution < 1.29 is 4.42 Å². The van der Waals surface area contributed by atoms with Gasteiger partial charge in [-0.1, -0.05) is 204 Å². The monoisotopic (exact) mass is 979 g/mol. The molecular formula is C72H70N2O. The highest BCUT2D eigenvalue weighted by Gasteiger charge is 2.26. The average Bonchev–Trinajstić information content (AvgIpc) is 3.73. The molecule has 0 spiro atoms. The third-order valence-electron chi connectivity index (χ3n) is 15.2. The predicted molar refractivity (Wildman–Crippen MR) is 324 cm³/mol. The summed E-state index contributed by atoms with van der Waals surface area (Å²) in [4.78, 5) is 4.89. The van der Waals surface area contributed by atoms with Crippen LogP contribution in [0.5, 0.6) is 0 Å². The van der Waals surface area contributed by atoms with Crippen molar-refractivity contribution in [2.24, 2.45) is 0 Å². The van der Waals surface area contributed by atoms with Gasteiger partial charge in [0.05, 0.1) is 11.4 Å². The molecule has 0 fully saturated rings. The largest absolute Gasteiger partial charge is 0.456 e. The van der Waals surface area contributed by atoms with Crippen LogP contribution in [0.1, 0.15) is 105 Å². The zero-order valence-corrected chi connectivity index (χ0v) is 45.9. The Labute approximate surface area is 445 Å². The van der Waals surface area contributed by atoms with Crippen molar-refractivity contribution in [3.05, 3.63) is 229 Å². The molecule has 0 amide bonds. The van der Waals surface area contributed by atoms with E-state index in [1.165, 1.54) is 55.3 Å². The van der Waals surface area contributed by atoms with E-state index in [9.17, 15) is 0 Å². The summed E-state index contributed by atoms with van der Waals surface area (Å²) in [5.74, 6) is 0. The van der Waals surface area contributed by atoms with Crippen LogP contribution in [0.2, 0.25) is 0 Å². The Morgan fingerprint density at radius 3 is 0.960 bits per heavy atom. The molecule has 0 unspecified atom stereocenters. The van der Waals surface area contributed by atoms with Crippen LogP contribution < -0.4 is 9.80 Å². The molecule has 11 aromatic rings. The highest BCUT2D eigenvalue weighted by Crippen LogP contribution is 2.47. The Bertz CT molecular complexity index is 3630. The minimum Gasteiger partial charge on any atom is -0.456 e. The maximum Gasteiger partial charge on any atom is 0.136 e. The lowest BCUT2D eigenvalue weighted by Crippen LogP contribution is -2.16. The number of benzene rings is 10. The van der Waals surface area contributed by atoms with E-state index in [1.807, 2.05) is 0 Å². The maximum absolute atomic E-state index is 6.93. The molecule has 1 aromatic heterocycles. The zero-order valence-electron chi connectivity index (χ0n) is 45.9. The van der Waals surface area contributed by atoms with Crippen LogP contribution in [0, 0.1) is 0 Å². The molecule has 0 atom stereocenters. The van der Waals surface area contributed by atoms with Crippen LogP contribution in [0.3, 0.4) is 0 Å². The zero-order chi connectivity index (χ0) is 52.6. The Morgan fingerprint density at radius 1 is 0.280 bits per heavy atom. The number of anilines is 6. The van der Waals surface area contributed by atoms with Crippen LogP contribution in [0.25, 0.3) is 65.7 Å². The molecule has 11 rings (SSSR count). The van der Waals surface area contributed by atoms with Crippen molar-refractivity contribution in [1.82, 2.24) is 0 Å². The number of hydrogen-bond donors (Lipinski definition) is 0. The third kappa shape index (κ3) is 9.62. The quantitative estimate of drug-likeness (QED) is 0.151. The molecule has 75 heavy (non-hydrogen) atoms. The minimum atomic E-state index is -0.0456. The number of hydrogen-bond acceptors (Lipinski definition) is 3. The molecular weight excluding hydrogens is 909 g/mol. The van der Waals surface area contributed by atoms with Gasteiger partial charge in [-0.2, -0.15) is 0 Å². The van der Waals surface area contributed by atoms with Crippen molar-refractivity contribution in [2.75, 3.05) is 9.80 Å². The molecule has 374 valence electrons. The summed E-state index contributed by atoms with van der Waals surface area (Å²) in [5.41, 5.74) is 18.3. The maximum atomic E-state index is 6.93. The summed E-state index contributed by atoms with van der Waals surface area (Å²) < 4.78 is 6.93. The summed E-state index contributed by atoms with van der Waals surface area (Å²) in [6.07, 6.45) is 0. The SMILES string of the molecule is CC(C)(C)c1ccc(N(c2ccc3cc4c(cc3c2)oc2cc3cc(N(c5ccc(C(C)(C)C)cc5)c5cc(C(C)(C)C)ccc5-c5ccccc5)ccc3cc24)c2cc(C(C)(C)C)ccc2-c2ccccc2)cc1. The topological polar surface area (TPSA) is 19.6 Å². The van der Waals surface area contributed by atoms with Crippen molar-refractivity contribution in [1.29, 1.82) is 0 Å². The van der Waals surface area contributed by atoms with Gasteiger partial charge >= 0.3 is 0 Å². The first-order valence-electron chi connectivity index (χ1n) is 26.7. The fourth-order valence-corrected chi connectivity index (χ4v) is 10.7. The Morgan fingerprint density at radius 2 is 0.613 bits per heavy atom. The van der Waals surface area contributed by atoms with E-state index >= 15 is 0 Å². The second kappa shape index (κ2) is 18.5. The van der Waals surface area contributed by atoms with E-state index in [-0.39, 0.29) is 21.7 Å². The molecule has 10 aromatic carbocycles. The van der Waals surface area contributed by atoms with E-state index in [4.69, 9.17) is 4.42 Å². The lowest BCUT2D eigenvalue weighted by Gasteiger charge is -2.31. The first-order valence-corrected chi connectivity index (χ1v) is 26.7. The number of fused-ring (bicyclic) bond motifs is 5. The normalized spacial score (nSPS) is 12.5. The van der Waals surface area contributed by atoms with Crippen molar-refractivity contribution >= 4 is 77.6 Å². The highest BCUT2D eigenvalue weighted by molar-refractivity contribution is 6.14. The van der Waals surface area contributed by atoms with Gasteiger partial charge < -0.3 is 14.2 Å². The first kappa shape index (κ1) is 49.3. The smallest absolute Gasteiger partial charge is 0.136 e. The van der Waals surface area contributed by atoms with Crippen LogP contribution in [0.4, 0.5) is 34.1 Å². The summed E-state index contributed by atoms with van der Waals surface area (Å²) in [6.45, 7) is 27.4. The summed E-state index contributed by atoms with van der Waals surface area (Å²) in [7, 11) is 0. The van der Waals surface area contributed by atoms with Crippen LogP contribution in [-0.4, -0.2) is 0 Å². The van der Waals surface area contributed by atoms with Gasteiger partial charge in [0.2, 0.25) is 0 Å². The fraction of sp³-hybridized carbons (Fsp3) is 0.222. The molecule has 0 aliphatic carbocycles. The summed E-state index contributed by atoms with van der Waals surface area (Å²) in [5, 5.41) is 6.80. The Balaban J connectivity index is 1.06. The van der Waals surface area contributed by atoms with Crippen LogP contribution in [0.15, 0.2) is 211 Å². The highest BCUT2D eigenvalue weighted by atomic mass is 16.3. The molecule has 3 heteroatoms. The number of nitrogens with zero attached hydrogens (tertiary/aromatic N) is 2. The van der Waals surface area contributed by atoms with Crippen molar-refractivity contribution in [2.45, 2.75) is 105 Å². The molecule has 0 aliphatic rings. The van der Waals surface area contributed by atoms with Crippen molar-refractivity contribution in [3.63, 3.8) is 0 Å². The van der Waals surface area contributed by atoms with Gasteiger partial charge in [-0.15, -0.1) is 0 Å². The molecule has 0 saturated heterocycles. The van der Waals surface area contributed by atoms with E-state index < -0.39 is 0 Å². The second-order valence-corrected chi connectivity index (χ2v) is 24.8. The summed E-state index contributed by atoms with van der Waals surface area (Å²) in [6, 6.07) is 76.8. The standard InChI is InChI=1S/C72H70N2O/c1-69(2,3)53-25-33-57(34-26-53)73(65-45-55(71(7,8)9)29-37-61(65)47-19-15-13-16-20-47)59-31-23-49-41-63-64-42-50-24-32-60(40-52(50)44-68(64)75-67(63)43-51(49)39-59)74(58-35-27-54(28-36-58)70(4,5)6)66-46-56(72(10,11)12)30-38-62(66)48-21-17-14-18-22-48/h13-46H,1-12H3. The van der Waals surface area contributed by atoms with Crippen molar-refractivity contribution in [3.8, 4) is 22.3 Å². The predicted octanol–water partition coefficient (Wildman–Crippen LogP) is 21.4. The first-order chi connectivity index (χ1) is 35.7. The second-order valence-electron chi connectivity index (χ2n) is 24.8. The van der Waals surface area contributed by atoms with Crippen LogP contribution >= 0.6 is 0 Å². The molecule has 0 radical (unpaired) electrons. The van der Waals surface area contributed by atoms with Gasteiger partial charge in [0.15, 0.2) is 0 Å². The Hall–Kier alpha value is -7.88.